The number of aryl methyl sites for hydroxylation is 2. The Balaban J connectivity index is 0.000000211. The van der Waals surface area contributed by atoms with Crippen molar-refractivity contribution in [3.63, 3.8) is 0 Å². The van der Waals surface area contributed by atoms with E-state index in [9.17, 15) is 34.2 Å². The van der Waals surface area contributed by atoms with Gasteiger partial charge in [0.1, 0.15) is 23.0 Å². The number of phenols is 2. The molecule has 2 aliphatic heterocycles. The number of aromatic hydroxyl groups is 2. The van der Waals surface area contributed by atoms with Crippen LogP contribution in [0.1, 0.15) is 194 Å². The molecule has 2 aromatic heterocycles. The number of rotatable bonds is 10. The van der Waals surface area contributed by atoms with Gasteiger partial charge in [0, 0.05) is 70.6 Å². The number of ether oxygens (including phenoxy) is 2. The highest BCUT2D eigenvalue weighted by Crippen LogP contribution is 2.57. The molecule has 0 saturated heterocycles. The fourth-order valence-corrected chi connectivity index (χ4v) is 14.9. The van der Waals surface area contributed by atoms with Gasteiger partial charge in [-0.2, -0.15) is 10.2 Å². The fraction of sp³-hybridized carbons (Fsp3) is 0.391. The summed E-state index contributed by atoms with van der Waals surface area (Å²) in [5.41, 5.74) is 28.1. The molecule has 2 saturated carbocycles. The first-order valence-electron chi connectivity index (χ1n) is 30.5. The van der Waals surface area contributed by atoms with Crippen LogP contribution in [0.4, 0.5) is 5.69 Å². The highest BCUT2D eigenvalue weighted by molar-refractivity contribution is 7.80. The summed E-state index contributed by atoms with van der Waals surface area (Å²) < 4.78 is 16.0. The summed E-state index contributed by atoms with van der Waals surface area (Å²) in [6.07, 6.45) is 11.8. The Labute approximate surface area is 516 Å². The highest BCUT2D eigenvalue weighted by atomic mass is 32.1. The molecule has 4 aliphatic carbocycles. The number of hydrogen-bond donors (Lipinski definition) is 7. The molecule has 5 aromatic carbocycles. The number of Topliss-reactive ketones (excluding diaryl/α,β-unsaturated/α-hetero) is 2. The largest absolute Gasteiger partial charge is 0.508 e. The molecule has 13 rings (SSSR count). The quantitative estimate of drug-likeness (QED) is 0.0495. The molecule has 0 unspecified atom stereocenters. The van der Waals surface area contributed by atoms with Crippen molar-refractivity contribution in [1.29, 1.82) is 0 Å². The molecule has 18 nitrogen and oxygen atoms in total. The number of nitrogens with zero attached hydrogens (tertiary/aromatic N) is 4. The van der Waals surface area contributed by atoms with Crippen molar-refractivity contribution < 1.29 is 43.7 Å². The van der Waals surface area contributed by atoms with Gasteiger partial charge in [0.25, 0.3) is 0 Å². The first-order chi connectivity index (χ1) is 41.8. The summed E-state index contributed by atoms with van der Waals surface area (Å²) in [6, 6.07) is 26.5. The third-order valence-electron chi connectivity index (χ3n) is 18.8. The monoisotopic (exact) mass is 1210 g/mol. The lowest BCUT2D eigenvalue weighted by Gasteiger charge is -2.36. The van der Waals surface area contributed by atoms with E-state index in [1.54, 1.807) is 30.3 Å². The van der Waals surface area contributed by atoms with Crippen LogP contribution in [-0.2, 0) is 36.0 Å². The van der Waals surface area contributed by atoms with Crippen LogP contribution in [0, 0.1) is 36.5 Å². The lowest BCUT2D eigenvalue weighted by molar-refractivity contribution is 0.0223. The number of carbonyl (C=O) groups is 5. The number of phenolic OH excluding ortho intramolecular Hbond substituents is 2. The maximum absolute atomic E-state index is 13.6. The summed E-state index contributed by atoms with van der Waals surface area (Å²) in [7, 11) is 0. The standard InChI is InChI=1S/C45H43N5O7S.C24H32N4O2/c1-23-40-36(21-44(2,3)22-37(40)53)50(49-23)28-9-12-31(41(46)54)25(17-28)16-24-4-6-26(7-5-24)47-43(58)48-27-8-13-33-32(18-27)42(55)57-45(33)34-14-10-29(51)19-38(34)56-39-20-30(52)11-15-35(39)45;1-14-22-20(12-24(2,3)13-21(22)29)28(27-14)18-8-9-19(23(26)30)16(11-18)10-15-4-6-17(25)7-5-15/h8-15,17-20,24,26,51-52H,4-7,16,21-22H2,1-3H3,(H2,46,54)(H2,47,48,58);8-9,11,15,17H,4-7,10,12-13,25H2,1-3H3,(H2,26,30). The van der Waals surface area contributed by atoms with E-state index in [0.717, 1.165) is 121 Å². The zero-order chi connectivity index (χ0) is 62.3. The number of thiocarbonyl (C=S) groups is 1. The maximum Gasteiger partial charge on any atom is 0.340 e. The molecule has 2 amide bonds. The number of nitrogens with two attached hydrogens (primary N) is 3. The molecule has 0 atom stereocenters. The number of carbonyl (C=O) groups excluding carboxylic acids is 5. The summed E-state index contributed by atoms with van der Waals surface area (Å²) in [6.45, 7) is 12.2. The predicted octanol–water partition coefficient (Wildman–Crippen LogP) is 11.0. The Morgan fingerprint density at radius 3 is 1.57 bits per heavy atom. The number of hydrogen-bond acceptors (Lipinski definition) is 13. The van der Waals surface area contributed by atoms with Crippen LogP contribution in [0.2, 0.25) is 0 Å². The predicted molar refractivity (Wildman–Crippen MR) is 337 cm³/mol. The average Bonchev–Trinajstić information content (AvgIpc) is 1.45. The number of ketones is 2. The Morgan fingerprint density at radius 1 is 0.625 bits per heavy atom. The van der Waals surface area contributed by atoms with Gasteiger partial charge < -0.3 is 47.5 Å². The highest BCUT2D eigenvalue weighted by Gasteiger charge is 2.54. The summed E-state index contributed by atoms with van der Waals surface area (Å²) in [5, 5.41) is 37.1. The van der Waals surface area contributed by atoms with E-state index >= 15 is 0 Å². The first kappa shape index (κ1) is 59.6. The smallest absolute Gasteiger partial charge is 0.340 e. The topological polar surface area (TPSA) is 282 Å². The van der Waals surface area contributed by atoms with Crippen molar-refractivity contribution in [3.05, 3.63) is 169 Å². The van der Waals surface area contributed by atoms with Crippen molar-refractivity contribution in [2.24, 2.45) is 39.9 Å². The molecular weight excluding hydrogens is 1130 g/mol. The molecule has 4 heterocycles. The van der Waals surface area contributed by atoms with Crippen LogP contribution < -0.4 is 32.6 Å². The van der Waals surface area contributed by atoms with Crippen LogP contribution in [0.3, 0.4) is 0 Å². The third kappa shape index (κ3) is 11.3. The lowest BCUT2D eigenvalue weighted by atomic mass is 9.75. The molecule has 0 radical (unpaired) electrons. The van der Waals surface area contributed by atoms with E-state index in [4.69, 9.17) is 49.1 Å². The van der Waals surface area contributed by atoms with Crippen molar-refractivity contribution >= 4 is 52.4 Å². The minimum absolute atomic E-state index is 0.0120. The number of benzene rings is 5. The van der Waals surface area contributed by atoms with E-state index in [1.807, 2.05) is 59.6 Å². The maximum atomic E-state index is 13.6. The van der Waals surface area contributed by atoms with Gasteiger partial charge in [0.05, 0.1) is 50.8 Å². The Bertz CT molecular complexity index is 4000. The van der Waals surface area contributed by atoms with Crippen molar-refractivity contribution in [2.75, 3.05) is 5.32 Å². The second-order valence-corrected chi connectivity index (χ2v) is 27.1. The van der Waals surface area contributed by atoms with Gasteiger partial charge in [0.2, 0.25) is 11.8 Å². The van der Waals surface area contributed by atoms with E-state index in [-0.39, 0.29) is 39.9 Å². The number of nitrogens with one attached hydrogen (secondary N) is 2. The zero-order valence-electron chi connectivity index (χ0n) is 50.6. The molecule has 2 fully saturated rings. The van der Waals surface area contributed by atoms with Crippen molar-refractivity contribution in [1.82, 2.24) is 24.9 Å². The minimum atomic E-state index is -1.35. The second-order valence-electron chi connectivity index (χ2n) is 26.7. The molecule has 456 valence electrons. The molecule has 19 heteroatoms. The molecular formula is C69H75N9O9S. The van der Waals surface area contributed by atoms with Crippen LogP contribution in [0.5, 0.6) is 23.0 Å². The Kier molecular flexibility index (Phi) is 15.4. The Morgan fingerprint density at radius 2 is 1.09 bits per heavy atom. The van der Waals surface area contributed by atoms with Gasteiger partial charge in [-0.05, 0) is 210 Å². The van der Waals surface area contributed by atoms with Crippen molar-refractivity contribution in [2.45, 2.75) is 149 Å². The molecule has 88 heavy (non-hydrogen) atoms. The first-order valence-corrected chi connectivity index (χ1v) is 30.9. The number of fused-ring (bicyclic) bond motifs is 8. The van der Waals surface area contributed by atoms with Crippen LogP contribution in [0.15, 0.2) is 91.0 Å². The van der Waals surface area contributed by atoms with E-state index in [1.165, 1.54) is 24.3 Å². The number of aromatic nitrogens is 4. The third-order valence-corrected chi connectivity index (χ3v) is 19.0. The number of anilines is 1. The summed E-state index contributed by atoms with van der Waals surface area (Å²) in [4.78, 5) is 64.0. The SMILES string of the molecule is Cc1nn(-c2ccc(C(N)=O)c(CC3CCC(N)CC3)c2)c2c1C(=O)CC(C)(C)C2.Cc1nn(-c2ccc(C(N)=O)c(CC3CCC(NC(=S)Nc4ccc5c(c4)C(=O)OC54c5ccc(O)cc5Oc5cc(O)ccc54)CC3)c2)c2c1C(=O)CC(C)(C)C2. The van der Waals surface area contributed by atoms with Gasteiger partial charge in [-0.1, -0.05) is 33.8 Å². The van der Waals surface area contributed by atoms with E-state index in [0.29, 0.717) is 98.4 Å². The van der Waals surface area contributed by atoms with E-state index in [2.05, 4.69) is 38.3 Å². The normalized spacial score (nSPS) is 20.8. The van der Waals surface area contributed by atoms with Crippen LogP contribution in [-0.4, -0.2) is 76.3 Å². The van der Waals surface area contributed by atoms with Crippen molar-refractivity contribution in [3.8, 4) is 34.4 Å². The van der Waals surface area contributed by atoms with E-state index < -0.39 is 23.4 Å². The van der Waals surface area contributed by atoms with Gasteiger partial charge >= 0.3 is 5.97 Å². The average molecular weight is 1210 g/mol. The van der Waals surface area contributed by atoms with Gasteiger partial charge in [0.15, 0.2) is 22.3 Å². The number of esters is 1. The van der Waals surface area contributed by atoms with Crippen LogP contribution >= 0.6 is 12.2 Å². The van der Waals surface area contributed by atoms with Gasteiger partial charge in [-0.25, -0.2) is 14.2 Å². The zero-order valence-corrected chi connectivity index (χ0v) is 51.4. The lowest BCUT2D eigenvalue weighted by Crippen LogP contribution is -2.40. The Hall–Kier alpha value is -8.68. The molecule has 0 bridgehead atoms. The number of amides is 2. The van der Waals surface area contributed by atoms with Gasteiger partial charge in [-0.3, -0.25) is 19.2 Å². The summed E-state index contributed by atoms with van der Waals surface area (Å²) in [5.74, 6) is 0.313. The van der Waals surface area contributed by atoms with Gasteiger partial charge in [-0.15, -0.1) is 0 Å². The molecule has 6 aliphatic rings. The van der Waals surface area contributed by atoms with Crippen LogP contribution in [0.25, 0.3) is 11.4 Å². The number of primary amides is 2. The molecule has 10 N–H and O–H groups in total. The minimum Gasteiger partial charge on any atom is -0.508 e. The molecule has 1 spiro atoms. The molecule has 7 aromatic rings. The summed E-state index contributed by atoms with van der Waals surface area (Å²) >= 11 is 5.75. The fourth-order valence-electron chi connectivity index (χ4n) is 14.6. The second kappa shape index (κ2) is 22.8.